The van der Waals surface area contributed by atoms with Gasteiger partial charge in [0.25, 0.3) is 5.69 Å². The molecule has 2 heterocycles. The van der Waals surface area contributed by atoms with Crippen LogP contribution in [0.4, 0.5) is 11.5 Å². The third-order valence-electron chi connectivity index (χ3n) is 2.72. The van der Waals surface area contributed by atoms with Crippen molar-refractivity contribution in [2.24, 2.45) is 0 Å². The van der Waals surface area contributed by atoms with Crippen LogP contribution in [0.5, 0.6) is 0 Å². The van der Waals surface area contributed by atoms with Crippen molar-refractivity contribution in [1.29, 1.82) is 0 Å². The molecule has 0 aliphatic rings. The van der Waals surface area contributed by atoms with Gasteiger partial charge < -0.3 is 10.4 Å². The molecule has 0 bridgehead atoms. The highest BCUT2D eigenvalue weighted by Gasteiger charge is 2.23. The van der Waals surface area contributed by atoms with E-state index in [4.69, 9.17) is 0 Å². The summed E-state index contributed by atoms with van der Waals surface area (Å²) in [6.45, 7) is 1.97. The first-order chi connectivity index (χ1) is 8.99. The van der Waals surface area contributed by atoms with Crippen LogP contribution in [0.2, 0.25) is 0 Å². The zero-order valence-electron chi connectivity index (χ0n) is 10.2. The number of hydrogen-bond donors (Lipinski definition) is 2. The van der Waals surface area contributed by atoms with Crippen molar-refractivity contribution in [1.82, 2.24) is 4.98 Å². The highest BCUT2D eigenvalue weighted by Crippen LogP contribution is 2.23. The molecule has 0 saturated heterocycles. The van der Waals surface area contributed by atoms with E-state index in [1.807, 2.05) is 16.8 Å². The molecule has 100 valence electrons. The van der Waals surface area contributed by atoms with E-state index in [2.05, 4.69) is 10.3 Å². The van der Waals surface area contributed by atoms with Crippen LogP contribution in [-0.4, -0.2) is 21.6 Å². The number of aliphatic hydroxyl groups is 1. The lowest BCUT2D eigenvalue weighted by Gasteiger charge is -2.23. The van der Waals surface area contributed by atoms with Gasteiger partial charge in [0.05, 0.1) is 4.92 Å². The summed E-state index contributed by atoms with van der Waals surface area (Å²) in [6.07, 6.45) is 1.18. The Balaban J connectivity index is 2.00. The number of nitro groups is 1. The molecule has 1 unspecified atom stereocenters. The fraction of sp³-hybridized carbons (Fsp3) is 0.250. The van der Waals surface area contributed by atoms with Gasteiger partial charge in [-0.3, -0.25) is 10.1 Å². The molecule has 6 nitrogen and oxygen atoms in total. The van der Waals surface area contributed by atoms with Gasteiger partial charge in [-0.15, -0.1) is 0 Å². The minimum absolute atomic E-state index is 0.0601. The lowest BCUT2D eigenvalue weighted by atomic mass is 9.99. The Bertz CT molecular complexity index is 552. The number of nitrogens with zero attached hydrogens (tertiary/aromatic N) is 2. The summed E-state index contributed by atoms with van der Waals surface area (Å²) >= 11 is 1.51. The Hall–Kier alpha value is -1.99. The Morgan fingerprint density at radius 2 is 2.32 bits per heavy atom. The highest BCUT2D eigenvalue weighted by molar-refractivity contribution is 7.08. The van der Waals surface area contributed by atoms with Gasteiger partial charge in [-0.25, -0.2) is 4.98 Å². The maximum Gasteiger partial charge on any atom is 0.287 e. The summed E-state index contributed by atoms with van der Waals surface area (Å²) < 4.78 is 0. The molecule has 2 N–H and O–H groups in total. The van der Waals surface area contributed by atoms with Gasteiger partial charge in [0, 0.05) is 12.6 Å². The predicted octanol–water partition coefficient (Wildman–Crippen LogP) is 2.37. The largest absolute Gasteiger partial charge is 0.384 e. The fourth-order valence-electron chi connectivity index (χ4n) is 1.53. The summed E-state index contributed by atoms with van der Waals surface area (Å²) in [6, 6.07) is 4.74. The van der Waals surface area contributed by atoms with Crippen LogP contribution in [0.25, 0.3) is 0 Å². The summed E-state index contributed by atoms with van der Waals surface area (Å²) in [5.74, 6) is 0.487. The van der Waals surface area contributed by atoms with Crippen LogP contribution in [0.1, 0.15) is 12.5 Å². The molecule has 0 amide bonds. The summed E-state index contributed by atoms with van der Waals surface area (Å²) in [5, 5.41) is 27.5. The van der Waals surface area contributed by atoms with Crippen molar-refractivity contribution in [3.63, 3.8) is 0 Å². The molecule has 1 atom stereocenters. The lowest BCUT2D eigenvalue weighted by molar-refractivity contribution is -0.385. The van der Waals surface area contributed by atoms with Crippen molar-refractivity contribution in [2.75, 3.05) is 11.9 Å². The summed E-state index contributed by atoms with van der Waals surface area (Å²) in [5.41, 5.74) is -0.245. The first-order valence-electron chi connectivity index (χ1n) is 5.58. The molecule has 0 radical (unpaired) electrons. The molecule has 0 saturated carbocycles. The van der Waals surface area contributed by atoms with E-state index in [1.54, 1.807) is 6.92 Å². The number of aromatic nitrogens is 1. The monoisotopic (exact) mass is 279 g/mol. The number of nitrogens with one attached hydrogen (secondary N) is 1. The second kappa shape index (κ2) is 5.33. The molecule has 0 aliphatic heterocycles. The average Bonchev–Trinajstić information content (AvgIpc) is 2.91. The normalized spacial score (nSPS) is 13.8. The lowest BCUT2D eigenvalue weighted by Crippen LogP contribution is -2.30. The third-order valence-corrected chi connectivity index (χ3v) is 3.40. The molecule has 7 heteroatoms. The van der Waals surface area contributed by atoms with Gasteiger partial charge in [0.2, 0.25) is 0 Å². The van der Waals surface area contributed by atoms with E-state index in [0.29, 0.717) is 5.82 Å². The van der Waals surface area contributed by atoms with E-state index >= 15 is 0 Å². The number of rotatable bonds is 5. The van der Waals surface area contributed by atoms with Gasteiger partial charge in [0.15, 0.2) is 0 Å². The van der Waals surface area contributed by atoms with Crippen LogP contribution >= 0.6 is 11.3 Å². The molecular weight excluding hydrogens is 266 g/mol. The molecule has 0 spiro atoms. The van der Waals surface area contributed by atoms with E-state index in [0.717, 1.165) is 5.56 Å². The minimum atomic E-state index is -1.01. The van der Waals surface area contributed by atoms with Crippen LogP contribution < -0.4 is 5.32 Å². The second-order valence-electron chi connectivity index (χ2n) is 4.30. The molecule has 0 fully saturated rings. The molecular formula is C12H13N3O3S. The van der Waals surface area contributed by atoms with E-state index in [-0.39, 0.29) is 12.2 Å². The van der Waals surface area contributed by atoms with Gasteiger partial charge in [-0.2, -0.15) is 11.3 Å². The van der Waals surface area contributed by atoms with Gasteiger partial charge in [0.1, 0.15) is 17.6 Å². The van der Waals surface area contributed by atoms with E-state index in [9.17, 15) is 15.2 Å². The molecule has 2 aromatic heterocycles. The average molecular weight is 279 g/mol. The van der Waals surface area contributed by atoms with Gasteiger partial charge in [-0.05, 0) is 35.4 Å². The summed E-state index contributed by atoms with van der Waals surface area (Å²) in [7, 11) is 0. The third kappa shape index (κ3) is 3.27. The molecule has 2 aromatic rings. The number of pyridine rings is 1. The highest BCUT2D eigenvalue weighted by atomic mass is 32.1. The molecule has 19 heavy (non-hydrogen) atoms. The first-order valence-corrected chi connectivity index (χ1v) is 6.53. The Morgan fingerprint density at radius 1 is 1.53 bits per heavy atom. The van der Waals surface area contributed by atoms with Gasteiger partial charge >= 0.3 is 0 Å². The smallest absolute Gasteiger partial charge is 0.287 e. The van der Waals surface area contributed by atoms with Crippen LogP contribution in [0.3, 0.4) is 0 Å². The maximum absolute atomic E-state index is 10.5. The second-order valence-corrected chi connectivity index (χ2v) is 5.08. The number of anilines is 1. The Kier molecular flexibility index (Phi) is 3.77. The molecule has 2 rings (SSSR count). The van der Waals surface area contributed by atoms with Crippen molar-refractivity contribution in [3.05, 3.63) is 50.8 Å². The summed E-state index contributed by atoms with van der Waals surface area (Å²) in [4.78, 5) is 13.9. The Labute approximate surface area is 113 Å². The van der Waals surface area contributed by atoms with Crippen molar-refractivity contribution in [3.8, 4) is 0 Å². The van der Waals surface area contributed by atoms with E-state index in [1.165, 1.54) is 29.7 Å². The number of thiophene rings is 1. The zero-order chi connectivity index (χ0) is 13.9. The standard InChI is InChI=1S/C12H13N3O3S/c1-12(16,9-4-5-19-7-9)8-14-11-3-2-10(6-13-11)15(17)18/h2-7,16H,8H2,1H3,(H,13,14). The van der Waals surface area contributed by atoms with Crippen LogP contribution in [0.15, 0.2) is 35.2 Å². The van der Waals surface area contributed by atoms with Crippen LogP contribution in [0, 0.1) is 10.1 Å². The predicted molar refractivity (Wildman–Crippen MR) is 73.3 cm³/mol. The van der Waals surface area contributed by atoms with Crippen molar-refractivity contribution < 1.29 is 10.0 Å². The minimum Gasteiger partial charge on any atom is -0.384 e. The van der Waals surface area contributed by atoms with Crippen LogP contribution in [-0.2, 0) is 5.60 Å². The first kappa shape index (κ1) is 13.4. The SMILES string of the molecule is CC(O)(CNc1ccc([N+](=O)[O-])cn1)c1ccsc1. The van der Waals surface area contributed by atoms with E-state index < -0.39 is 10.5 Å². The topological polar surface area (TPSA) is 88.3 Å². The number of hydrogen-bond acceptors (Lipinski definition) is 6. The quantitative estimate of drug-likeness (QED) is 0.648. The maximum atomic E-state index is 10.5. The van der Waals surface area contributed by atoms with Crippen molar-refractivity contribution in [2.45, 2.75) is 12.5 Å². The molecule has 0 aromatic carbocycles. The van der Waals surface area contributed by atoms with Gasteiger partial charge in [-0.1, -0.05) is 0 Å². The Morgan fingerprint density at radius 3 is 2.84 bits per heavy atom. The molecule has 0 aliphatic carbocycles. The zero-order valence-corrected chi connectivity index (χ0v) is 11.1. The fourth-order valence-corrected chi connectivity index (χ4v) is 2.32. The van der Waals surface area contributed by atoms with Crippen molar-refractivity contribution >= 4 is 22.8 Å².